The van der Waals surface area contributed by atoms with E-state index in [1.165, 1.54) is 11.8 Å². The van der Waals surface area contributed by atoms with Gasteiger partial charge in [0.2, 0.25) is 11.5 Å². The van der Waals surface area contributed by atoms with E-state index in [0.29, 0.717) is 29.7 Å². The summed E-state index contributed by atoms with van der Waals surface area (Å²) in [4.78, 5) is 27.9. The molecule has 1 N–H and O–H groups in total. The van der Waals surface area contributed by atoms with E-state index < -0.39 is 36.7 Å². The quantitative estimate of drug-likeness (QED) is 0.482. The maximum absolute atomic E-state index is 15.6. The van der Waals surface area contributed by atoms with Gasteiger partial charge in [0.15, 0.2) is 5.70 Å². The van der Waals surface area contributed by atoms with Gasteiger partial charge in [-0.3, -0.25) is 9.59 Å². The van der Waals surface area contributed by atoms with Crippen molar-refractivity contribution >= 4 is 30.6 Å². The predicted molar refractivity (Wildman–Crippen MR) is 128 cm³/mol. The SMILES string of the molecule is Cc1cc(C)n2c1C=C1C=CC(CCC(=O)N3CC(C)N(C(=O)C(C)(O)C(F)(F)F)CC3C)=[N+]1[B-]2(F)F. The van der Waals surface area contributed by atoms with Gasteiger partial charge in [0.05, 0.1) is 0 Å². The number of rotatable bonds is 4. The molecule has 3 aliphatic heterocycles. The molecule has 1 fully saturated rings. The Bertz CT molecular complexity index is 1250. The van der Waals surface area contributed by atoms with Crippen LogP contribution in [0.4, 0.5) is 21.8 Å². The Morgan fingerprint density at radius 3 is 2.32 bits per heavy atom. The van der Waals surface area contributed by atoms with E-state index in [1.807, 2.05) is 0 Å². The van der Waals surface area contributed by atoms with Gasteiger partial charge < -0.3 is 32.5 Å². The number of allylic oxidation sites excluding steroid dienone is 2. The molecule has 0 bridgehead atoms. The molecule has 3 unspecified atom stereocenters. The lowest BCUT2D eigenvalue weighted by atomic mass is 9.90. The summed E-state index contributed by atoms with van der Waals surface area (Å²) >= 11 is 0. The van der Waals surface area contributed by atoms with Gasteiger partial charge in [-0.25, -0.2) is 0 Å². The summed E-state index contributed by atoms with van der Waals surface area (Å²) in [5.41, 5.74) is -1.24. The maximum atomic E-state index is 15.6. The van der Waals surface area contributed by atoms with Gasteiger partial charge in [-0.15, -0.1) is 0 Å². The Hall–Kier alpha value is -2.96. The molecule has 2 amide bonds. The summed E-state index contributed by atoms with van der Waals surface area (Å²) in [7, 11) is 0. The van der Waals surface area contributed by atoms with Crippen LogP contribution in [0.5, 0.6) is 0 Å². The number of piperazine rings is 1. The van der Waals surface area contributed by atoms with Crippen molar-refractivity contribution in [3.8, 4) is 0 Å². The molecular weight excluding hydrogens is 498 g/mol. The van der Waals surface area contributed by atoms with Gasteiger partial charge in [0, 0.05) is 61.9 Å². The standard InChI is InChI=1S/C24H30BF5N4O3/c1-14-10-15(2)33-20(14)11-19-7-6-18(34(19)25(33,29)30)8-9-21(35)31-12-17(4)32(13-16(31)3)22(36)23(5,37)24(26,27)28/h6-7,10-11,16-17,37H,8-9,12-13H2,1-5H3. The van der Waals surface area contributed by atoms with Crippen LogP contribution in [0.1, 0.15) is 50.6 Å². The summed E-state index contributed by atoms with van der Waals surface area (Å²) in [5, 5.41) is 9.80. The summed E-state index contributed by atoms with van der Waals surface area (Å²) in [6.07, 6.45) is -0.312. The average molecular weight is 528 g/mol. The molecule has 1 aromatic heterocycles. The van der Waals surface area contributed by atoms with Crippen LogP contribution in [0.2, 0.25) is 0 Å². The number of nitrogens with zero attached hydrogens (tertiary/aromatic N) is 4. The van der Waals surface area contributed by atoms with Gasteiger partial charge >= 0.3 is 13.1 Å². The molecule has 3 atom stereocenters. The monoisotopic (exact) mass is 528 g/mol. The van der Waals surface area contributed by atoms with Crippen LogP contribution in [0.15, 0.2) is 23.9 Å². The highest BCUT2D eigenvalue weighted by Gasteiger charge is 2.58. The first-order chi connectivity index (χ1) is 17.0. The number of halogens is 5. The van der Waals surface area contributed by atoms with Crippen molar-refractivity contribution in [2.24, 2.45) is 0 Å². The number of aromatic nitrogens is 1. The molecule has 0 aromatic carbocycles. The molecule has 0 saturated carbocycles. The van der Waals surface area contributed by atoms with Crippen molar-refractivity contribution in [1.82, 2.24) is 14.3 Å². The topological polar surface area (TPSA) is 68.8 Å². The minimum absolute atomic E-state index is 0.0367. The zero-order chi connectivity index (χ0) is 27.7. The minimum Gasteiger partial charge on any atom is -0.394 e. The van der Waals surface area contributed by atoms with E-state index in [0.717, 1.165) is 19.4 Å². The molecule has 0 radical (unpaired) electrons. The molecule has 3 aliphatic rings. The Labute approximate surface area is 211 Å². The van der Waals surface area contributed by atoms with Gasteiger partial charge in [0.1, 0.15) is 5.71 Å². The third-order valence-corrected chi connectivity index (χ3v) is 7.54. The predicted octanol–water partition coefficient (Wildman–Crippen LogP) is 3.25. The highest BCUT2D eigenvalue weighted by Crippen LogP contribution is 2.35. The number of aryl methyl sites for hydroxylation is 2. The van der Waals surface area contributed by atoms with E-state index in [1.54, 1.807) is 45.1 Å². The van der Waals surface area contributed by atoms with Gasteiger partial charge in [-0.1, -0.05) is 0 Å². The molecule has 0 spiro atoms. The van der Waals surface area contributed by atoms with Crippen molar-refractivity contribution in [2.45, 2.75) is 71.3 Å². The summed E-state index contributed by atoms with van der Waals surface area (Å²) < 4.78 is 72.7. The highest BCUT2D eigenvalue weighted by molar-refractivity contribution is 6.58. The second kappa shape index (κ2) is 8.81. The van der Waals surface area contributed by atoms with Crippen LogP contribution in [0, 0.1) is 13.8 Å². The number of amides is 2. The number of hydrogen-bond acceptors (Lipinski definition) is 3. The molecule has 1 aromatic rings. The lowest BCUT2D eigenvalue weighted by Gasteiger charge is -2.46. The first kappa shape index (κ1) is 27.1. The zero-order valence-electron chi connectivity index (χ0n) is 21.3. The van der Waals surface area contributed by atoms with E-state index in [9.17, 15) is 27.9 Å². The Balaban J connectivity index is 1.47. The van der Waals surface area contributed by atoms with Crippen molar-refractivity contribution in [1.29, 1.82) is 0 Å². The molecule has 202 valence electrons. The van der Waals surface area contributed by atoms with Crippen LogP contribution < -0.4 is 0 Å². The van der Waals surface area contributed by atoms with Crippen LogP contribution in [0.25, 0.3) is 6.08 Å². The molecule has 1 saturated heterocycles. The molecule has 4 heterocycles. The molecular formula is C24H30BF5N4O3. The number of fused-ring (bicyclic) bond motifs is 2. The number of aliphatic hydroxyl groups is 1. The molecule has 4 rings (SSSR count). The zero-order valence-corrected chi connectivity index (χ0v) is 21.3. The van der Waals surface area contributed by atoms with E-state index >= 15 is 8.63 Å². The van der Waals surface area contributed by atoms with E-state index in [2.05, 4.69) is 0 Å². The number of alkyl halides is 3. The van der Waals surface area contributed by atoms with Crippen molar-refractivity contribution < 1.29 is 41.0 Å². The first-order valence-corrected chi connectivity index (χ1v) is 12.1. The van der Waals surface area contributed by atoms with Gasteiger partial charge in [-0.2, -0.15) is 13.2 Å². The minimum atomic E-state index is -5.14. The fourth-order valence-corrected chi connectivity index (χ4v) is 5.43. The number of carbonyl (C=O) groups excluding carboxylic acids is 2. The highest BCUT2D eigenvalue weighted by atomic mass is 19.4. The molecule has 37 heavy (non-hydrogen) atoms. The maximum Gasteiger partial charge on any atom is 0.737 e. The smallest absolute Gasteiger partial charge is 0.394 e. The summed E-state index contributed by atoms with van der Waals surface area (Å²) in [6.45, 7) is 2.53. The lowest BCUT2D eigenvalue weighted by molar-refractivity contribution is -0.362. The van der Waals surface area contributed by atoms with Crippen molar-refractivity contribution in [2.75, 3.05) is 13.1 Å². The van der Waals surface area contributed by atoms with Gasteiger partial charge in [0.25, 0.3) is 5.91 Å². The van der Waals surface area contributed by atoms with Crippen molar-refractivity contribution in [3.63, 3.8) is 0 Å². The average Bonchev–Trinajstić information content (AvgIpc) is 3.33. The van der Waals surface area contributed by atoms with Gasteiger partial charge in [-0.05, 0) is 51.9 Å². The molecule has 13 heteroatoms. The second-order valence-corrected chi connectivity index (χ2v) is 10.3. The molecule has 7 nitrogen and oxygen atoms in total. The molecule has 0 aliphatic carbocycles. The van der Waals surface area contributed by atoms with Crippen LogP contribution in [-0.4, -0.2) is 85.3 Å². The Kier molecular flexibility index (Phi) is 6.45. The lowest BCUT2D eigenvalue weighted by Crippen LogP contribution is -2.65. The summed E-state index contributed by atoms with van der Waals surface area (Å²) in [5.74, 6) is -1.82. The fraction of sp³-hybridized carbons (Fsp3) is 0.542. The van der Waals surface area contributed by atoms with E-state index in [4.69, 9.17) is 0 Å². The van der Waals surface area contributed by atoms with Crippen LogP contribution in [-0.2, 0) is 9.59 Å². The van der Waals surface area contributed by atoms with Crippen molar-refractivity contribution in [3.05, 3.63) is 40.9 Å². The summed E-state index contributed by atoms with van der Waals surface area (Å²) in [6, 6.07) is 0.311. The van der Waals surface area contributed by atoms with E-state index in [-0.39, 0.29) is 31.8 Å². The normalized spacial score (nSPS) is 24.6. The Morgan fingerprint density at radius 1 is 1.11 bits per heavy atom. The fourth-order valence-electron chi connectivity index (χ4n) is 5.43. The Morgan fingerprint density at radius 2 is 1.70 bits per heavy atom. The van der Waals surface area contributed by atoms with Crippen LogP contribution in [0.3, 0.4) is 0 Å². The second-order valence-electron chi connectivity index (χ2n) is 10.3. The first-order valence-electron chi connectivity index (χ1n) is 12.1. The van der Waals surface area contributed by atoms with Crippen LogP contribution >= 0.6 is 0 Å². The largest absolute Gasteiger partial charge is 0.737 e. The number of hydrogen-bond donors (Lipinski definition) is 1. The third-order valence-electron chi connectivity index (χ3n) is 7.54. The third kappa shape index (κ3) is 4.30. The number of carbonyl (C=O) groups is 2.